The molecule has 8 atom stereocenters. The summed E-state index contributed by atoms with van der Waals surface area (Å²) in [7, 11) is 1.33. The zero-order valence-electron chi connectivity index (χ0n) is 46.3. The smallest absolute Gasteiger partial charge is 0.408 e. The maximum Gasteiger partial charge on any atom is 0.408 e. The molecule has 1 spiro atoms. The normalized spacial score (nSPS) is 23.7. The summed E-state index contributed by atoms with van der Waals surface area (Å²) in [6.07, 6.45) is 19.3. The van der Waals surface area contributed by atoms with E-state index in [9.17, 15) is 24.0 Å². The van der Waals surface area contributed by atoms with Crippen molar-refractivity contribution < 1.29 is 47.7 Å². The fourth-order valence-electron chi connectivity index (χ4n) is 11.7. The van der Waals surface area contributed by atoms with Crippen LogP contribution in [0.5, 0.6) is 5.75 Å². The van der Waals surface area contributed by atoms with E-state index in [2.05, 4.69) is 48.2 Å². The standard InChI is InChI=1S/C59H89N5O10/c1-12-14-16-18-20-28-46(62-55(68)73-57(5,6)7)52(65)64-37-59(36-49(64)54(67)70-11)32-31-42-44-33-38(3)43(35-48(44)60-39(4)51(42)72-59)40-25-24-26-41(34-40)61-45-27-22-23-30-50(45)71-53(66)47(29-21-19-17-15-13-2)63-56(69)74-58(8,9)10/h12-13,33,35,40-41,45-47,49-50,61H,1-2,14-32,34,36-37H2,3-11H3,(H,62,68)(H,63,69). The van der Waals surface area contributed by atoms with Crippen molar-refractivity contribution in [2.75, 3.05) is 13.7 Å². The van der Waals surface area contributed by atoms with Crippen LogP contribution in [0, 0.1) is 13.8 Å². The van der Waals surface area contributed by atoms with Gasteiger partial charge in [0.2, 0.25) is 5.91 Å². The van der Waals surface area contributed by atoms with Gasteiger partial charge in [-0.15, -0.1) is 13.2 Å². The summed E-state index contributed by atoms with van der Waals surface area (Å²) in [5.41, 5.74) is 2.93. The van der Waals surface area contributed by atoms with Crippen LogP contribution in [0.25, 0.3) is 10.9 Å². The van der Waals surface area contributed by atoms with E-state index in [1.807, 2.05) is 39.8 Å². The van der Waals surface area contributed by atoms with Gasteiger partial charge in [-0.1, -0.05) is 50.7 Å². The molecule has 4 aliphatic rings. The van der Waals surface area contributed by atoms with Crippen molar-refractivity contribution >= 4 is 40.9 Å². The lowest BCUT2D eigenvalue weighted by Gasteiger charge is -2.38. The van der Waals surface area contributed by atoms with E-state index < -0.39 is 59.1 Å². The van der Waals surface area contributed by atoms with Gasteiger partial charge in [-0.3, -0.25) is 4.79 Å². The highest BCUT2D eigenvalue weighted by atomic mass is 16.6. The molecular formula is C59H89N5O10. The third-order valence-corrected chi connectivity index (χ3v) is 15.2. The molecule has 3 N–H and O–H groups in total. The van der Waals surface area contributed by atoms with E-state index in [-0.39, 0.29) is 37.1 Å². The maximum atomic E-state index is 14.5. The van der Waals surface area contributed by atoms with E-state index in [0.29, 0.717) is 43.8 Å². The largest absolute Gasteiger partial charge is 0.483 e. The van der Waals surface area contributed by atoms with E-state index in [1.54, 1.807) is 25.7 Å². The summed E-state index contributed by atoms with van der Waals surface area (Å²) in [4.78, 5) is 74.5. The van der Waals surface area contributed by atoms with Gasteiger partial charge in [0.05, 0.1) is 24.9 Å². The molecule has 1 aromatic carbocycles. The Labute approximate surface area is 441 Å². The molecule has 6 rings (SSSR count). The Morgan fingerprint density at radius 1 is 0.838 bits per heavy atom. The van der Waals surface area contributed by atoms with Crippen LogP contribution in [-0.2, 0) is 39.8 Å². The van der Waals surface area contributed by atoms with Gasteiger partial charge in [-0.05, 0) is 174 Å². The number of carbonyl (C=O) groups excluding carboxylic acids is 5. The van der Waals surface area contributed by atoms with Crippen molar-refractivity contribution in [2.45, 2.75) is 249 Å². The Balaban J connectivity index is 1.15. The van der Waals surface area contributed by atoms with Gasteiger partial charge in [0.15, 0.2) is 0 Å². The monoisotopic (exact) mass is 1030 g/mol. The quantitative estimate of drug-likeness (QED) is 0.0466. The van der Waals surface area contributed by atoms with E-state index in [0.717, 1.165) is 118 Å². The second-order valence-corrected chi connectivity index (χ2v) is 23.6. The van der Waals surface area contributed by atoms with Crippen molar-refractivity contribution in [1.29, 1.82) is 0 Å². The van der Waals surface area contributed by atoms with E-state index >= 15 is 0 Å². The van der Waals surface area contributed by atoms with Crippen LogP contribution in [0.15, 0.2) is 37.4 Å². The molecule has 15 nitrogen and oxygen atoms in total. The second kappa shape index (κ2) is 26.0. The highest BCUT2D eigenvalue weighted by Crippen LogP contribution is 2.46. The Morgan fingerprint density at radius 2 is 1.47 bits per heavy atom. The molecule has 3 fully saturated rings. The Morgan fingerprint density at radius 3 is 2.11 bits per heavy atom. The number of aromatic nitrogens is 1. The molecule has 3 heterocycles. The molecular weight excluding hydrogens is 939 g/mol. The zero-order valence-corrected chi connectivity index (χ0v) is 46.3. The molecule has 15 heteroatoms. The summed E-state index contributed by atoms with van der Waals surface area (Å²) in [6.45, 7) is 22.7. The Kier molecular flexibility index (Phi) is 20.4. The van der Waals surface area contributed by atoms with Gasteiger partial charge in [0, 0.05) is 29.5 Å². The first-order valence-electron chi connectivity index (χ1n) is 27.8. The number of likely N-dealkylation sites (tertiary alicyclic amines) is 1. The van der Waals surface area contributed by atoms with Crippen molar-refractivity contribution in [1.82, 2.24) is 25.8 Å². The molecule has 74 heavy (non-hydrogen) atoms. The number of amides is 3. The molecule has 8 unspecified atom stereocenters. The molecule has 0 bridgehead atoms. The van der Waals surface area contributed by atoms with Crippen molar-refractivity contribution in [3.63, 3.8) is 0 Å². The SMILES string of the molecule is C=CCCCCCC(NC(=O)OC(C)(C)C)C(=O)OC1CCCCC1NC1CCCC(c2cc3nc(C)c4c(c3cc2C)CCC2(CC(C(=O)OC)N(C(=O)C(CCCCCC=C)NC(=O)OC(C)(C)C)C2)O4)C1. The molecule has 410 valence electrons. The highest BCUT2D eigenvalue weighted by molar-refractivity contribution is 5.91. The number of alkyl carbamates (subject to hydrolysis) is 2. The first-order valence-corrected chi connectivity index (χ1v) is 27.8. The number of methoxy groups -OCH3 is 1. The third-order valence-electron chi connectivity index (χ3n) is 15.2. The van der Waals surface area contributed by atoms with E-state index in [4.69, 9.17) is 28.7 Å². The number of benzene rings is 1. The first-order chi connectivity index (χ1) is 35.1. The highest BCUT2D eigenvalue weighted by Gasteiger charge is 2.54. The molecule has 1 aromatic heterocycles. The van der Waals surface area contributed by atoms with Crippen LogP contribution in [0.3, 0.4) is 0 Å². The van der Waals surface area contributed by atoms with Crippen molar-refractivity contribution in [3.05, 3.63) is 59.8 Å². The van der Waals surface area contributed by atoms with Crippen LogP contribution >= 0.6 is 0 Å². The number of rotatable bonds is 21. The van der Waals surface area contributed by atoms with Crippen molar-refractivity contribution in [2.24, 2.45) is 0 Å². The lowest BCUT2D eigenvalue weighted by molar-refractivity contribution is -0.155. The maximum absolute atomic E-state index is 14.5. The van der Waals surface area contributed by atoms with Gasteiger partial charge in [-0.2, -0.15) is 0 Å². The topological polar surface area (TPSA) is 184 Å². The summed E-state index contributed by atoms with van der Waals surface area (Å²) >= 11 is 0. The number of hydrogen-bond acceptors (Lipinski definition) is 12. The van der Waals surface area contributed by atoms with Crippen LogP contribution < -0.4 is 20.7 Å². The first kappa shape index (κ1) is 58.1. The van der Waals surface area contributed by atoms with Gasteiger partial charge in [0.25, 0.3) is 0 Å². The Hall–Kier alpha value is -5.18. The number of ether oxygens (including phenoxy) is 5. The molecule has 2 aliphatic heterocycles. The number of nitrogens with one attached hydrogen (secondary N) is 3. The number of esters is 2. The van der Waals surface area contributed by atoms with E-state index in [1.165, 1.54) is 18.2 Å². The summed E-state index contributed by atoms with van der Waals surface area (Å²) in [5.74, 6) is -0.278. The average Bonchev–Trinajstić information content (AvgIpc) is 3.70. The van der Waals surface area contributed by atoms with Crippen LogP contribution in [0.1, 0.15) is 198 Å². The molecule has 3 amide bonds. The molecule has 2 aromatic rings. The molecule has 2 saturated carbocycles. The minimum Gasteiger partial charge on any atom is -0.483 e. The number of fused-ring (bicyclic) bond motifs is 3. The predicted octanol–water partition coefficient (Wildman–Crippen LogP) is 11.2. The number of carbonyl (C=O) groups is 5. The van der Waals surface area contributed by atoms with Crippen molar-refractivity contribution in [3.8, 4) is 5.75 Å². The molecule has 1 saturated heterocycles. The minimum atomic E-state index is -0.901. The van der Waals surface area contributed by atoms with Gasteiger partial charge in [-0.25, -0.2) is 24.2 Å². The number of pyridine rings is 1. The van der Waals surface area contributed by atoms with Gasteiger partial charge in [0.1, 0.15) is 46.8 Å². The number of nitrogens with zero attached hydrogens (tertiary/aromatic N) is 2. The lowest BCUT2D eigenvalue weighted by atomic mass is 9.78. The summed E-state index contributed by atoms with van der Waals surface area (Å²) in [6, 6.07) is 2.22. The fourth-order valence-corrected chi connectivity index (χ4v) is 11.7. The lowest BCUT2D eigenvalue weighted by Crippen LogP contribution is -2.53. The predicted molar refractivity (Wildman–Crippen MR) is 288 cm³/mol. The van der Waals surface area contributed by atoms with Crippen LogP contribution in [0.2, 0.25) is 0 Å². The number of allylic oxidation sites excluding steroid dienone is 2. The van der Waals surface area contributed by atoms with Gasteiger partial charge < -0.3 is 44.5 Å². The van der Waals surface area contributed by atoms with Crippen LogP contribution in [0.4, 0.5) is 9.59 Å². The number of hydrogen-bond donors (Lipinski definition) is 3. The average molecular weight is 1030 g/mol. The number of unbranched alkanes of at least 4 members (excludes halogenated alkanes) is 6. The number of aryl methyl sites for hydroxylation is 3. The molecule has 2 aliphatic carbocycles. The minimum absolute atomic E-state index is 0.0174. The summed E-state index contributed by atoms with van der Waals surface area (Å²) in [5, 5.41) is 10.7. The van der Waals surface area contributed by atoms with Gasteiger partial charge >= 0.3 is 24.1 Å². The summed E-state index contributed by atoms with van der Waals surface area (Å²) < 4.78 is 29.7. The molecule has 0 radical (unpaired) electrons. The zero-order chi connectivity index (χ0) is 53.8. The Bertz CT molecular complexity index is 2300. The van der Waals surface area contributed by atoms with Crippen LogP contribution in [-0.4, -0.2) is 107 Å². The second-order valence-electron chi connectivity index (χ2n) is 23.6. The fraction of sp³-hybridized carbons (Fsp3) is 0.695. The third kappa shape index (κ3) is 15.9.